The Labute approximate surface area is 124 Å². The average molecular weight is 310 g/mol. The molecular formula is C14H18N2O2S2. The van der Waals surface area contributed by atoms with Gasteiger partial charge >= 0.3 is 0 Å². The van der Waals surface area contributed by atoms with Gasteiger partial charge in [-0.3, -0.25) is 0 Å². The number of thiophene rings is 1. The minimum absolute atomic E-state index is 0.369. The van der Waals surface area contributed by atoms with Gasteiger partial charge in [0.15, 0.2) is 0 Å². The van der Waals surface area contributed by atoms with Gasteiger partial charge in [0.25, 0.3) is 0 Å². The summed E-state index contributed by atoms with van der Waals surface area (Å²) in [5.74, 6) is 0. The van der Waals surface area contributed by atoms with Crippen molar-refractivity contribution >= 4 is 21.4 Å². The fraction of sp³-hybridized carbons (Fsp3) is 0.286. The standard InChI is InChI=1S/C14H18N2O2S2/c1-15-10-12-6-3-4-8-14(12)20(17,18)16(2)11-13-7-5-9-19-13/h3-9,15H,10-11H2,1-2H3. The van der Waals surface area contributed by atoms with Crippen molar-refractivity contribution in [2.45, 2.75) is 18.0 Å². The lowest BCUT2D eigenvalue weighted by Gasteiger charge is -2.18. The number of sulfonamides is 1. The van der Waals surface area contributed by atoms with Crippen LogP contribution in [-0.4, -0.2) is 26.8 Å². The van der Waals surface area contributed by atoms with Gasteiger partial charge in [0.05, 0.1) is 4.90 Å². The first-order chi connectivity index (χ1) is 9.55. The molecule has 0 amide bonds. The molecule has 1 heterocycles. The van der Waals surface area contributed by atoms with Crippen LogP contribution in [0.1, 0.15) is 10.4 Å². The molecule has 0 unspecified atom stereocenters. The third-order valence-electron chi connectivity index (χ3n) is 2.99. The third-order valence-corrected chi connectivity index (χ3v) is 5.75. The van der Waals surface area contributed by atoms with Gasteiger partial charge in [0, 0.05) is 25.0 Å². The van der Waals surface area contributed by atoms with E-state index in [9.17, 15) is 8.42 Å². The summed E-state index contributed by atoms with van der Waals surface area (Å²) in [6, 6.07) is 11.0. The normalized spacial score (nSPS) is 11.9. The molecule has 2 rings (SSSR count). The largest absolute Gasteiger partial charge is 0.316 e. The second kappa shape index (κ2) is 6.49. The van der Waals surface area contributed by atoms with Gasteiger partial charge in [-0.1, -0.05) is 24.3 Å². The zero-order valence-electron chi connectivity index (χ0n) is 11.5. The fourth-order valence-corrected chi connectivity index (χ4v) is 4.17. The van der Waals surface area contributed by atoms with E-state index in [-0.39, 0.29) is 0 Å². The summed E-state index contributed by atoms with van der Waals surface area (Å²) in [4.78, 5) is 1.40. The van der Waals surface area contributed by atoms with Crippen LogP contribution in [0.5, 0.6) is 0 Å². The molecule has 6 heteroatoms. The highest BCUT2D eigenvalue weighted by Crippen LogP contribution is 2.22. The summed E-state index contributed by atoms with van der Waals surface area (Å²) >= 11 is 1.56. The Morgan fingerprint density at radius 3 is 2.60 bits per heavy atom. The minimum Gasteiger partial charge on any atom is -0.316 e. The van der Waals surface area contributed by atoms with Gasteiger partial charge in [-0.15, -0.1) is 11.3 Å². The molecule has 0 saturated carbocycles. The van der Waals surface area contributed by atoms with Crippen LogP contribution in [0.25, 0.3) is 0 Å². The predicted octanol–water partition coefficient (Wildman–Crippen LogP) is 2.29. The molecule has 0 saturated heterocycles. The van der Waals surface area contributed by atoms with E-state index in [0.29, 0.717) is 18.0 Å². The van der Waals surface area contributed by atoms with Gasteiger partial charge in [-0.05, 0) is 30.1 Å². The lowest BCUT2D eigenvalue weighted by molar-refractivity contribution is 0.468. The van der Waals surface area contributed by atoms with Gasteiger partial charge in [0.1, 0.15) is 0 Å². The van der Waals surface area contributed by atoms with Gasteiger partial charge in [-0.25, -0.2) is 8.42 Å². The first-order valence-electron chi connectivity index (χ1n) is 6.27. The molecule has 0 aliphatic heterocycles. The van der Waals surface area contributed by atoms with Crippen molar-refractivity contribution < 1.29 is 8.42 Å². The zero-order valence-corrected chi connectivity index (χ0v) is 13.2. The first-order valence-corrected chi connectivity index (χ1v) is 8.59. The van der Waals surface area contributed by atoms with Crippen molar-refractivity contribution in [3.8, 4) is 0 Å². The van der Waals surface area contributed by atoms with Crippen molar-refractivity contribution in [3.05, 3.63) is 52.2 Å². The van der Waals surface area contributed by atoms with Crippen molar-refractivity contribution in [1.82, 2.24) is 9.62 Å². The Kier molecular flexibility index (Phi) is 4.93. The zero-order chi connectivity index (χ0) is 14.6. The third kappa shape index (κ3) is 3.27. The van der Waals surface area contributed by atoms with Crippen LogP contribution in [0.3, 0.4) is 0 Å². The van der Waals surface area contributed by atoms with E-state index in [2.05, 4.69) is 5.32 Å². The van der Waals surface area contributed by atoms with Crippen LogP contribution in [0.15, 0.2) is 46.7 Å². The number of nitrogens with one attached hydrogen (secondary N) is 1. The van der Waals surface area contributed by atoms with E-state index in [1.807, 2.05) is 29.6 Å². The Hall–Kier alpha value is -1.21. The lowest BCUT2D eigenvalue weighted by Crippen LogP contribution is -2.27. The maximum atomic E-state index is 12.7. The number of rotatable bonds is 6. The van der Waals surface area contributed by atoms with Crippen LogP contribution in [0.2, 0.25) is 0 Å². The molecule has 1 N–H and O–H groups in total. The molecule has 0 atom stereocenters. The molecule has 108 valence electrons. The molecule has 0 aliphatic rings. The first kappa shape index (κ1) is 15.2. The van der Waals surface area contributed by atoms with Gasteiger partial charge in [0.2, 0.25) is 10.0 Å². The van der Waals surface area contributed by atoms with E-state index in [1.165, 1.54) is 4.31 Å². The second-order valence-corrected chi connectivity index (χ2v) is 7.52. The molecule has 2 aromatic rings. The monoisotopic (exact) mass is 310 g/mol. The molecule has 0 fully saturated rings. The molecule has 4 nitrogen and oxygen atoms in total. The van der Waals surface area contributed by atoms with Gasteiger partial charge < -0.3 is 5.32 Å². The van der Waals surface area contributed by atoms with Gasteiger partial charge in [-0.2, -0.15) is 4.31 Å². The van der Waals surface area contributed by atoms with Crippen molar-refractivity contribution in [2.24, 2.45) is 0 Å². The summed E-state index contributed by atoms with van der Waals surface area (Å²) in [5, 5.41) is 4.95. The molecular weight excluding hydrogens is 292 g/mol. The highest BCUT2D eigenvalue weighted by atomic mass is 32.2. The van der Waals surface area contributed by atoms with E-state index >= 15 is 0 Å². The Bertz CT molecular complexity index is 652. The quantitative estimate of drug-likeness (QED) is 0.890. The summed E-state index contributed by atoms with van der Waals surface area (Å²) in [6.45, 7) is 0.927. The smallest absolute Gasteiger partial charge is 0.243 e. The molecule has 1 aromatic carbocycles. The van der Waals surface area contributed by atoms with Crippen molar-refractivity contribution in [3.63, 3.8) is 0 Å². The average Bonchev–Trinajstić information content (AvgIpc) is 2.92. The van der Waals surface area contributed by atoms with Crippen LogP contribution >= 0.6 is 11.3 Å². The van der Waals surface area contributed by atoms with E-state index in [1.54, 1.807) is 37.6 Å². The molecule has 0 aliphatic carbocycles. The number of hydrogen-bond acceptors (Lipinski definition) is 4. The second-order valence-electron chi connectivity index (χ2n) is 4.48. The molecule has 0 bridgehead atoms. The Morgan fingerprint density at radius 1 is 1.20 bits per heavy atom. The maximum Gasteiger partial charge on any atom is 0.243 e. The number of hydrogen-bond donors (Lipinski definition) is 1. The molecule has 0 spiro atoms. The Balaban J connectivity index is 2.30. The van der Waals surface area contributed by atoms with E-state index in [0.717, 1.165) is 10.4 Å². The van der Waals surface area contributed by atoms with Crippen LogP contribution < -0.4 is 5.32 Å². The van der Waals surface area contributed by atoms with E-state index < -0.39 is 10.0 Å². The van der Waals surface area contributed by atoms with Crippen molar-refractivity contribution in [2.75, 3.05) is 14.1 Å². The van der Waals surface area contributed by atoms with Crippen LogP contribution in [0.4, 0.5) is 0 Å². The van der Waals surface area contributed by atoms with E-state index in [4.69, 9.17) is 0 Å². The SMILES string of the molecule is CNCc1ccccc1S(=O)(=O)N(C)Cc1cccs1. The topological polar surface area (TPSA) is 49.4 Å². The van der Waals surface area contributed by atoms with Crippen LogP contribution in [-0.2, 0) is 23.1 Å². The van der Waals surface area contributed by atoms with Crippen LogP contribution in [0, 0.1) is 0 Å². The maximum absolute atomic E-state index is 12.7. The summed E-state index contributed by atoms with van der Waals surface area (Å²) in [5.41, 5.74) is 0.785. The number of benzene rings is 1. The summed E-state index contributed by atoms with van der Waals surface area (Å²) in [6.07, 6.45) is 0. The highest BCUT2D eigenvalue weighted by Gasteiger charge is 2.23. The van der Waals surface area contributed by atoms with Crippen molar-refractivity contribution in [1.29, 1.82) is 0 Å². The summed E-state index contributed by atoms with van der Waals surface area (Å²) in [7, 11) is -0.0473. The fourth-order valence-electron chi connectivity index (χ4n) is 1.97. The molecule has 20 heavy (non-hydrogen) atoms. The number of nitrogens with zero attached hydrogens (tertiary/aromatic N) is 1. The molecule has 0 radical (unpaired) electrons. The summed E-state index contributed by atoms with van der Waals surface area (Å²) < 4.78 is 26.7. The molecule has 1 aromatic heterocycles. The lowest BCUT2D eigenvalue weighted by atomic mass is 10.2. The predicted molar refractivity (Wildman–Crippen MR) is 82.2 cm³/mol. The highest BCUT2D eigenvalue weighted by molar-refractivity contribution is 7.89. The Morgan fingerprint density at radius 2 is 1.95 bits per heavy atom. The minimum atomic E-state index is -3.47.